The lowest BCUT2D eigenvalue weighted by molar-refractivity contribution is -0.119. The van der Waals surface area contributed by atoms with Crippen molar-refractivity contribution >= 4 is 22.6 Å². The van der Waals surface area contributed by atoms with Crippen molar-refractivity contribution in [3.05, 3.63) is 55.0 Å². The number of pyridine rings is 1. The van der Waals surface area contributed by atoms with Crippen molar-refractivity contribution in [2.24, 2.45) is 0 Å². The molecule has 7 nitrogen and oxygen atoms in total. The molecule has 4 aromatic rings. The van der Waals surface area contributed by atoms with Crippen LogP contribution in [0.1, 0.15) is 6.92 Å². The van der Waals surface area contributed by atoms with Crippen LogP contribution in [-0.4, -0.2) is 39.4 Å². The van der Waals surface area contributed by atoms with Gasteiger partial charge in [-0.2, -0.15) is 5.10 Å². The Bertz CT molecular complexity index is 1110. The van der Waals surface area contributed by atoms with Gasteiger partial charge >= 0.3 is 0 Å². The van der Waals surface area contributed by atoms with Crippen molar-refractivity contribution < 1.29 is 9.53 Å². The molecule has 28 heavy (non-hydrogen) atoms. The Morgan fingerprint density at radius 3 is 2.75 bits per heavy atom. The first-order valence-electron chi connectivity index (χ1n) is 9.08. The number of nitrogens with one attached hydrogen (secondary N) is 2. The van der Waals surface area contributed by atoms with Crippen LogP contribution in [0.2, 0.25) is 0 Å². The van der Waals surface area contributed by atoms with Crippen LogP contribution in [0.4, 0.5) is 5.69 Å². The van der Waals surface area contributed by atoms with Gasteiger partial charge < -0.3 is 15.0 Å². The topological polar surface area (TPSA) is 84.8 Å². The Morgan fingerprint density at radius 2 is 2.00 bits per heavy atom. The average molecular weight is 375 g/mol. The molecule has 142 valence electrons. The van der Waals surface area contributed by atoms with Gasteiger partial charge in [-0.05, 0) is 36.8 Å². The number of carbonyl (C=O) groups is 1. The molecule has 0 radical (unpaired) electrons. The van der Waals surface area contributed by atoms with Crippen LogP contribution >= 0.6 is 0 Å². The molecule has 3 aromatic heterocycles. The van der Waals surface area contributed by atoms with Gasteiger partial charge in [0.2, 0.25) is 5.91 Å². The molecule has 0 aliphatic rings. The minimum Gasteiger partial charge on any atom is -0.375 e. The van der Waals surface area contributed by atoms with Crippen molar-refractivity contribution in [2.75, 3.05) is 19.0 Å². The number of aromatic nitrogens is 4. The molecule has 0 aliphatic heterocycles. The lowest BCUT2D eigenvalue weighted by Crippen LogP contribution is -2.16. The molecule has 4 rings (SSSR count). The molecule has 7 heteroatoms. The lowest BCUT2D eigenvalue weighted by Gasteiger charge is -2.07. The standard InChI is InChI=1S/C21H21N5O2/c1-3-26-12-18(16-8-10-22-21-17(16)9-11-23-21)20(25-26)14-4-6-15(7-5-14)24-19(27)13-28-2/h4-12H,3,13H2,1-2H3,(H,22,23)(H,24,27). The highest BCUT2D eigenvalue weighted by atomic mass is 16.5. The maximum Gasteiger partial charge on any atom is 0.250 e. The highest BCUT2D eigenvalue weighted by molar-refractivity contribution is 5.97. The van der Waals surface area contributed by atoms with Crippen LogP contribution in [0.3, 0.4) is 0 Å². The number of rotatable bonds is 6. The fourth-order valence-corrected chi connectivity index (χ4v) is 3.23. The molecule has 2 N–H and O–H groups in total. The Labute approximate surface area is 162 Å². The van der Waals surface area contributed by atoms with E-state index < -0.39 is 0 Å². The van der Waals surface area contributed by atoms with Crippen molar-refractivity contribution in [1.82, 2.24) is 19.7 Å². The third kappa shape index (κ3) is 3.39. The number of amides is 1. The van der Waals surface area contributed by atoms with Crippen molar-refractivity contribution in [2.45, 2.75) is 13.5 Å². The summed E-state index contributed by atoms with van der Waals surface area (Å²) in [5.74, 6) is -0.183. The van der Waals surface area contributed by atoms with E-state index in [1.165, 1.54) is 7.11 Å². The van der Waals surface area contributed by atoms with Crippen LogP contribution in [0.5, 0.6) is 0 Å². The number of hydrogen-bond acceptors (Lipinski definition) is 4. The van der Waals surface area contributed by atoms with E-state index in [1.54, 1.807) is 6.20 Å². The van der Waals surface area contributed by atoms with E-state index in [2.05, 4.69) is 28.4 Å². The number of aryl methyl sites for hydroxylation is 1. The van der Waals surface area contributed by atoms with Crippen LogP contribution in [0.25, 0.3) is 33.4 Å². The maximum atomic E-state index is 11.7. The summed E-state index contributed by atoms with van der Waals surface area (Å²) in [6.45, 7) is 2.87. The molecule has 0 saturated carbocycles. The summed E-state index contributed by atoms with van der Waals surface area (Å²) in [5.41, 5.74) is 5.57. The molecular formula is C21H21N5O2. The number of methoxy groups -OCH3 is 1. The van der Waals surface area contributed by atoms with E-state index in [0.29, 0.717) is 0 Å². The van der Waals surface area contributed by atoms with Crippen LogP contribution in [0.15, 0.2) is 55.0 Å². The number of carbonyl (C=O) groups excluding carboxylic acids is 1. The van der Waals surface area contributed by atoms with Gasteiger partial charge in [-0.25, -0.2) is 4.98 Å². The number of nitrogens with zero attached hydrogens (tertiary/aromatic N) is 3. The number of hydrogen-bond donors (Lipinski definition) is 2. The molecule has 0 unspecified atom stereocenters. The zero-order chi connectivity index (χ0) is 19.5. The summed E-state index contributed by atoms with van der Waals surface area (Å²) >= 11 is 0. The largest absolute Gasteiger partial charge is 0.375 e. The zero-order valence-electron chi connectivity index (χ0n) is 15.8. The first-order chi connectivity index (χ1) is 13.7. The average Bonchev–Trinajstić information content (AvgIpc) is 3.35. The monoisotopic (exact) mass is 375 g/mol. The maximum absolute atomic E-state index is 11.7. The fraction of sp³-hybridized carbons (Fsp3) is 0.190. The Balaban J connectivity index is 1.73. The Kier molecular flexibility index (Phi) is 4.90. The number of aromatic amines is 1. The highest BCUT2D eigenvalue weighted by Gasteiger charge is 2.16. The third-order valence-electron chi connectivity index (χ3n) is 4.55. The molecule has 0 spiro atoms. The van der Waals surface area contributed by atoms with Gasteiger partial charge in [0, 0.05) is 54.4 Å². The summed E-state index contributed by atoms with van der Waals surface area (Å²) in [6, 6.07) is 11.7. The lowest BCUT2D eigenvalue weighted by atomic mass is 10.0. The molecule has 3 heterocycles. The Morgan fingerprint density at radius 1 is 1.18 bits per heavy atom. The van der Waals surface area contributed by atoms with E-state index >= 15 is 0 Å². The second kappa shape index (κ2) is 7.66. The minimum absolute atomic E-state index is 0.0293. The van der Waals surface area contributed by atoms with Gasteiger partial charge in [-0.3, -0.25) is 9.48 Å². The van der Waals surface area contributed by atoms with Crippen molar-refractivity contribution in [3.63, 3.8) is 0 Å². The van der Waals surface area contributed by atoms with Crippen LogP contribution in [-0.2, 0) is 16.1 Å². The number of benzene rings is 1. The van der Waals surface area contributed by atoms with Gasteiger partial charge in [0.15, 0.2) is 0 Å². The summed E-state index contributed by atoms with van der Waals surface area (Å²) in [4.78, 5) is 19.2. The molecule has 0 fully saturated rings. The SMILES string of the molecule is CCn1cc(-c2ccnc3[nH]ccc23)c(-c2ccc(NC(=O)COC)cc2)n1. The first-order valence-corrected chi connectivity index (χ1v) is 9.08. The minimum atomic E-state index is -0.183. The van der Waals surface area contributed by atoms with E-state index in [0.717, 1.165) is 45.6 Å². The zero-order valence-corrected chi connectivity index (χ0v) is 15.8. The van der Waals surface area contributed by atoms with E-state index in [-0.39, 0.29) is 12.5 Å². The smallest absolute Gasteiger partial charge is 0.250 e. The Hall–Kier alpha value is -3.45. The number of H-pyrrole nitrogens is 1. The summed E-state index contributed by atoms with van der Waals surface area (Å²) in [5, 5.41) is 8.63. The summed E-state index contributed by atoms with van der Waals surface area (Å²) < 4.78 is 6.77. The molecule has 0 saturated heterocycles. The predicted octanol–water partition coefficient (Wildman–Crippen LogP) is 3.70. The normalized spacial score (nSPS) is 11.1. The molecule has 0 atom stereocenters. The van der Waals surface area contributed by atoms with Gasteiger partial charge in [0.05, 0.1) is 0 Å². The van der Waals surface area contributed by atoms with Crippen LogP contribution in [0, 0.1) is 0 Å². The van der Waals surface area contributed by atoms with Crippen molar-refractivity contribution in [3.8, 4) is 22.4 Å². The van der Waals surface area contributed by atoms with Gasteiger partial charge in [-0.1, -0.05) is 12.1 Å². The van der Waals surface area contributed by atoms with Gasteiger partial charge in [0.1, 0.15) is 17.9 Å². The quantitative estimate of drug-likeness (QED) is 0.538. The number of fused-ring (bicyclic) bond motifs is 1. The molecule has 1 aromatic carbocycles. The predicted molar refractivity (Wildman–Crippen MR) is 109 cm³/mol. The van der Waals surface area contributed by atoms with Gasteiger partial charge in [0.25, 0.3) is 0 Å². The van der Waals surface area contributed by atoms with Crippen LogP contribution < -0.4 is 5.32 Å². The summed E-state index contributed by atoms with van der Waals surface area (Å²) in [7, 11) is 1.49. The molecular weight excluding hydrogens is 354 g/mol. The molecule has 0 aliphatic carbocycles. The van der Waals surface area contributed by atoms with Gasteiger partial charge in [-0.15, -0.1) is 0 Å². The molecule has 1 amide bonds. The van der Waals surface area contributed by atoms with E-state index in [4.69, 9.17) is 9.84 Å². The third-order valence-corrected chi connectivity index (χ3v) is 4.55. The van der Waals surface area contributed by atoms with E-state index in [1.807, 2.05) is 47.3 Å². The summed E-state index contributed by atoms with van der Waals surface area (Å²) in [6.07, 6.45) is 5.75. The number of ether oxygens (including phenoxy) is 1. The fourth-order valence-electron chi connectivity index (χ4n) is 3.23. The second-order valence-electron chi connectivity index (χ2n) is 6.40. The van der Waals surface area contributed by atoms with E-state index in [9.17, 15) is 4.79 Å². The highest BCUT2D eigenvalue weighted by Crippen LogP contribution is 2.35. The number of anilines is 1. The first kappa shape index (κ1) is 17.9. The molecule has 0 bridgehead atoms. The second-order valence-corrected chi connectivity index (χ2v) is 6.40. The van der Waals surface area contributed by atoms with Crippen molar-refractivity contribution in [1.29, 1.82) is 0 Å².